The van der Waals surface area contributed by atoms with Gasteiger partial charge in [0.2, 0.25) is 5.91 Å². The van der Waals surface area contributed by atoms with Gasteiger partial charge >= 0.3 is 5.63 Å². The summed E-state index contributed by atoms with van der Waals surface area (Å²) in [7, 11) is 1.87. The molecule has 1 amide bonds. The van der Waals surface area contributed by atoms with Crippen molar-refractivity contribution in [3.05, 3.63) is 64.0 Å². The topological polar surface area (TPSA) is 88.6 Å². The van der Waals surface area contributed by atoms with Crippen molar-refractivity contribution in [1.29, 1.82) is 0 Å². The third-order valence-corrected chi connectivity index (χ3v) is 5.79. The molecule has 1 aliphatic rings. The van der Waals surface area contributed by atoms with Gasteiger partial charge in [-0.1, -0.05) is 12.1 Å². The van der Waals surface area contributed by atoms with Crippen LogP contribution in [0.2, 0.25) is 0 Å². The molecule has 0 spiro atoms. The molecule has 1 aliphatic heterocycles. The van der Waals surface area contributed by atoms with Crippen molar-refractivity contribution in [3.63, 3.8) is 0 Å². The molecule has 4 rings (SSSR count). The van der Waals surface area contributed by atoms with E-state index in [2.05, 4.69) is 4.98 Å². The normalized spacial score (nSPS) is 16.3. The van der Waals surface area contributed by atoms with E-state index in [1.807, 2.05) is 47.8 Å². The molecule has 7 nitrogen and oxygen atoms in total. The fraction of sp³-hybridized carbons (Fsp3) is 0.409. The number of imidazole rings is 1. The van der Waals surface area contributed by atoms with Crippen LogP contribution in [0.4, 0.5) is 0 Å². The molecule has 0 radical (unpaired) electrons. The number of hydrogen-bond donors (Lipinski definition) is 1. The monoisotopic (exact) mass is 395 g/mol. The number of fused-ring (bicyclic) bond motifs is 1. The molecular formula is C22H25N3O4. The van der Waals surface area contributed by atoms with E-state index >= 15 is 0 Å². The van der Waals surface area contributed by atoms with E-state index in [0.29, 0.717) is 30.1 Å². The Kier molecular flexibility index (Phi) is 5.24. The summed E-state index contributed by atoms with van der Waals surface area (Å²) in [5, 5.41) is 11.4. The maximum Gasteiger partial charge on any atom is 0.336 e. The third kappa shape index (κ3) is 3.96. The second kappa shape index (κ2) is 7.83. The van der Waals surface area contributed by atoms with Crippen LogP contribution in [0.5, 0.6) is 0 Å². The number of aromatic nitrogens is 2. The first-order chi connectivity index (χ1) is 13.9. The zero-order valence-corrected chi connectivity index (χ0v) is 16.7. The highest BCUT2D eigenvalue weighted by molar-refractivity contribution is 5.87. The molecule has 29 heavy (non-hydrogen) atoms. The van der Waals surface area contributed by atoms with Crippen molar-refractivity contribution in [3.8, 4) is 0 Å². The smallest absolute Gasteiger partial charge is 0.336 e. The molecule has 0 saturated carbocycles. The molecule has 1 unspecified atom stereocenters. The lowest BCUT2D eigenvalue weighted by atomic mass is 9.90. The lowest BCUT2D eigenvalue weighted by Crippen LogP contribution is -2.40. The maximum absolute atomic E-state index is 12.9. The number of carbonyl (C=O) groups excluding carboxylic acids is 1. The van der Waals surface area contributed by atoms with Crippen LogP contribution in [-0.4, -0.2) is 38.6 Å². The summed E-state index contributed by atoms with van der Waals surface area (Å²) in [5.41, 5.74) is 1.76. The Morgan fingerprint density at radius 1 is 1.31 bits per heavy atom. The maximum atomic E-state index is 12.9. The van der Waals surface area contributed by atoms with Crippen LogP contribution in [0.15, 0.2) is 45.9 Å². The third-order valence-electron chi connectivity index (χ3n) is 5.79. The lowest BCUT2D eigenvalue weighted by Gasteiger charge is -2.34. The van der Waals surface area contributed by atoms with Gasteiger partial charge in [-0.05, 0) is 42.9 Å². The van der Waals surface area contributed by atoms with Crippen molar-refractivity contribution in [2.75, 3.05) is 13.1 Å². The molecule has 0 aliphatic carbocycles. The molecular weight excluding hydrogens is 370 g/mol. The van der Waals surface area contributed by atoms with Crippen molar-refractivity contribution >= 4 is 16.9 Å². The molecule has 1 N–H and O–H groups in total. The van der Waals surface area contributed by atoms with Gasteiger partial charge in [0, 0.05) is 44.0 Å². The van der Waals surface area contributed by atoms with Crippen LogP contribution >= 0.6 is 0 Å². The molecule has 0 bridgehead atoms. The van der Waals surface area contributed by atoms with Gasteiger partial charge in [-0.2, -0.15) is 0 Å². The Morgan fingerprint density at radius 2 is 2.07 bits per heavy atom. The summed E-state index contributed by atoms with van der Waals surface area (Å²) < 4.78 is 7.11. The predicted octanol–water partition coefficient (Wildman–Crippen LogP) is 2.35. The first kappa shape index (κ1) is 19.4. The molecule has 1 atom stereocenters. The van der Waals surface area contributed by atoms with Crippen molar-refractivity contribution in [2.24, 2.45) is 13.0 Å². The summed E-state index contributed by atoms with van der Waals surface area (Å²) in [6, 6.07) is 7.06. The standard InChI is InChI=1S/C22H25N3O4/c1-14-3-4-17-16(13-20(27)29-18(17)11-14)12-19(26)25-8-5-15(6-9-25)21(28)22-23-7-10-24(22)2/h3-4,7,10-11,13,15,21,28H,5-6,8-9,12H2,1-2H3. The Hall–Kier alpha value is -2.93. The fourth-order valence-electron chi connectivity index (χ4n) is 4.10. The van der Waals surface area contributed by atoms with Gasteiger partial charge in [0.1, 0.15) is 17.5 Å². The number of hydrogen-bond acceptors (Lipinski definition) is 5. The molecule has 7 heteroatoms. The molecule has 2 aromatic heterocycles. The summed E-state index contributed by atoms with van der Waals surface area (Å²) >= 11 is 0. The minimum absolute atomic E-state index is 0.0117. The van der Waals surface area contributed by atoms with Crippen LogP contribution in [0.3, 0.4) is 0 Å². The average Bonchev–Trinajstić information content (AvgIpc) is 3.13. The Bertz CT molecular complexity index is 1090. The molecule has 1 aromatic carbocycles. The summed E-state index contributed by atoms with van der Waals surface area (Å²) in [6.45, 7) is 3.10. The number of aryl methyl sites for hydroxylation is 2. The van der Waals surface area contributed by atoms with Crippen LogP contribution in [0, 0.1) is 12.8 Å². The highest BCUT2D eigenvalue weighted by Crippen LogP contribution is 2.30. The van der Waals surface area contributed by atoms with Crippen molar-refractivity contribution < 1.29 is 14.3 Å². The predicted molar refractivity (Wildman–Crippen MR) is 108 cm³/mol. The number of piperidine rings is 1. The number of nitrogens with zero attached hydrogens (tertiary/aromatic N) is 3. The second-order valence-electron chi connectivity index (χ2n) is 7.83. The molecule has 1 saturated heterocycles. The van der Waals surface area contributed by atoms with E-state index < -0.39 is 11.7 Å². The molecule has 152 valence electrons. The highest BCUT2D eigenvalue weighted by Gasteiger charge is 2.30. The van der Waals surface area contributed by atoms with Gasteiger partial charge in [0.15, 0.2) is 0 Å². The van der Waals surface area contributed by atoms with E-state index in [9.17, 15) is 14.7 Å². The summed E-state index contributed by atoms with van der Waals surface area (Å²) in [4.78, 5) is 30.8. The van der Waals surface area contributed by atoms with Gasteiger partial charge in [-0.3, -0.25) is 4.79 Å². The number of aliphatic hydroxyl groups excluding tert-OH is 1. The van der Waals surface area contributed by atoms with Gasteiger partial charge < -0.3 is 19.0 Å². The van der Waals surface area contributed by atoms with Gasteiger partial charge in [0.25, 0.3) is 0 Å². The van der Waals surface area contributed by atoms with Crippen LogP contribution in [0.1, 0.15) is 35.9 Å². The fourth-order valence-corrected chi connectivity index (χ4v) is 4.10. The highest BCUT2D eigenvalue weighted by atomic mass is 16.4. The van der Waals surface area contributed by atoms with E-state index in [1.165, 1.54) is 6.07 Å². The molecule has 3 heterocycles. The Morgan fingerprint density at radius 3 is 2.76 bits per heavy atom. The SMILES string of the molecule is Cc1ccc2c(CC(=O)N3CCC(C(O)c4nccn4C)CC3)cc(=O)oc2c1. The van der Waals surface area contributed by atoms with Crippen LogP contribution in [0.25, 0.3) is 11.0 Å². The average molecular weight is 395 g/mol. The van der Waals surface area contributed by atoms with E-state index in [-0.39, 0.29) is 18.2 Å². The van der Waals surface area contributed by atoms with Crippen molar-refractivity contribution in [2.45, 2.75) is 32.3 Å². The summed E-state index contributed by atoms with van der Waals surface area (Å²) in [5.74, 6) is 0.725. The molecule has 1 fully saturated rings. The quantitative estimate of drug-likeness (QED) is 0.685. The lowest BCUT2D eigenvalue weighted by molar-refractivity contribution is -0.132. The van der Waals surface area contributed by atoms with E-state index in [4.69, 9.17) is 4.42 Å². The first-order valence-corrected chi connectivity index (χ1v) is 9.89. The van der Waals surface area contributed by atoms with Crippen LogP contribution in [-0.2, 0) is 18.3 Å². The van der Waals surface area contributed by atoms with E-state index in [0.717, 1.165) is 23.8 Å². The molecule has 3 aromatic rings. The minimum atomic E-state index is -0.627. The van der Waals surface area contributed by atoms with Gasteiger partial charge in [0.05, 0.1) is 6.42 Å². The Balaban J connectivity index is 1.44. The first-order valence-electron chi connectivity index (χ1n) is 9.89. The van der Waals surface area contributed by atoms with E-state index in [1.54, 1.807) is 6.20 Å². The minimum Gasteiger partial charge on any atom is -0.423 e. The number of aliphatic hydroxyl groups is 1. The van der Waals surface area contributed by atoms with Crippen LogP contribution < -0.4 is 5.63 Å². The number of likely N-dealkylation sites (tertiary alicyclic amines) is 1. The van der Waals surface area contributed by atoms with Gasteiger partial charge in [-0.25, -0.2) is 9.78 Å². The number of carbonyl (C=O) groups is 1. The second-order valence-corrected chi connectivity index (χ2v) is 7.83. The zero-order valence-electron chi connectivity index (χ0n) is 16.7. The van der Waals surface area contributed by atoms with Gasteiger partial charge in [-0.15, -0.1) is 0 Å². The van der Waals surface area contributed by atoms with Crippen molar-refractivity contribution in [1.82, 2.24) is 14.5 Å². The largest absolute Gasteiger partial charge is 0.423 e. The zero-order chi connectivity index (χ0) is 20.5. The number of amides is 1. The number of benzene rings is 1. The number of rotatable bonds is 4. The Labute approximate surface area is 168 Å². The summed E-state index contributed by atoms with van der Waals surface area (Å²) in [6.07, 6.45) is 4.47.